The quantitative estimate of drug-likeness (QED) is 0.701. The van der Waals surface area contributed by atoms with Crippen LogP contribution in [0.4, 0.5) is 0 Å². The van der Waals surface area contributed by atoms with Crippen LogP contribution in [-0.4, -0.2) is 30.6 Å². The van der Waals surface area contributed by atoms with Crippen molar-refractivity contribution in [3.8, 4) is 5.95 Å². The lowest BCUT2D eigenvalue weighted by Crippen LogP contribution is -2.15. The van der Waals surface area contributed by atoms with Crippen LogP contribution in [0.5, 0.6) is 0 Å². The number of thiocarbonyl (C=S) groups is 1. The molecule has 0 fully saturated rings. The van der Waals surface area contributed by atoms with Gasteiger partial charge >= 0.3 is 0 Å². The maximum Gasteiger partial charge on any atom is 0.269 e. The second-order valence-electron chi connectivity index (χ2n) is 3.12. The molecule has 0 atom stereocenters. The van der Waals surface area contributed by atoms with E-state index in [1.807, 2.05) is 0 Å². The number of hydrogen-bond acceptors (Lipinski definition) is 5. The van der Waals surface area contributed by atoms with Gasteiger partial charge in [-0.15, -0.1) is 0 Å². The van der Waals surface area contributed by atoms with Gasteiger partial charge in [0.1, 0.15) is 16.4 Å². The zero-order valence-corrected chi connectivity index (χ0v) is 9.39. The molecule has 0 unspecified atom stereocenters. The molecule has 2 aromatic rings. The van der Waals surface area contributed by atoms with Gasteiger partial charge in [-0.3, -0.25) is 4.79 Å². The second-order valence-corrected chi connectivity index (χ2v) is 3.56. The Morgan fingerprint density at radius 2 is 2.06 bits per heavy atom. The standard InChI is InChI=1S/C9H8N6OS/c10-7(16)5-2-4-15(14-5)9-12-3-1-6(13-9)8(11)17/h1-4H,(H2,10,16)(H2,11,17). The zero-order chi connectivity index (χ0) is 12.4. The van der Waals surface area contributed by atoms with E-state index in [1.165, 1.54) is 23.1 Å². The minimum Gasteiger partial charge on any atom is -0.388 e. The fourth-order valence-corrected chi connectivity index (χ4v) is 1.28. The summed E-state index contributed by atoms with van der Waals surface area (Å²) in [4.78, 5) is 19.1. The lowest BCUT2D eigenvalue weighted by molar-refractivity contribution is 0.0995. The molecule has 0 radical (unpaired) electrons. The van der Waals surface area contributed by atoms with E-state index in [0.717, 1.165) is 0 Å². The van der Waals surface area contributed by atoms with Gasteiger partial charge in [0.05, 0.1) is 0 Å². The van der Waals surface area contributed by atoms with Crippen molar-refractivity contribution in [2.75, 3.05) is 0 Å². The summed E-state index contributed by atoms with van der Waals surface area (Å²) in [5.41, 5.74) is 11.1. The maximum absolute atomic E-state index is 10.9. The Bertz CT molecular complexity index is 593. The molecular weight excluding hydrogens is 240 g/mol. The monoisotopic (exact) mass is 248 g/mol. The van der Waals surface area contributed by atoms with E-state index in [9.17, 15) is 4.79 Å². The van der Waals surface area contributed by atoms with Crippen molar-refractivity contribution in [2.45, 2.75) is 0 Å². The Morgan fingerprint density at radius 1 is 1.29 bits per heavy atom. The topological polar surface area (TPSA) is 113 Å². The Morgan fingerprint density at radius 3 is 2.65 bits per heavy atom. The molecule has 0 saturated carbocycles. The van der Waals surface area contributed by atoms with E-state index in [-0.39, 0.29) is 16.6 Å². The first-order valence-corrected chi connectivity index (χ1v) is 4.97. The summed E-state index contributed by atoms with van der Waals surface area (Å²) in [6.45, 7) is 0. The molecule has 0 bridgehead atoms. The summed E-state index contributed by atoms with van der Waals surface area (Å²) in [5.74, 6) is -0.350. The van der Waals surface area contributed by atoms with Crippen molar-refractivity contribution in [1.29, 1.82) is 0 Å². The molecule has 8 heteroatoms. The largest absolute Gasteiger partial charge is 0.388 e. The Balaban J connectivity index is 2.42. The summed E-state index contributed by atoms with van der Waals surface area (Å²) in [7, 11) is 0. The highest BCUT2D eigenvalue weighted by Gasteiger charge is 2.08. The SMILES string of the molecule is NC(=O)c1ccn(-c2nccc(C(N)=S)n2)n1. The molecule has 4 N–H and O–H groups in total. The normalized spacial score (nSPS) is 10.1. The fraction of sp³-hybridized carbons (Fsp3) is 0. The summed E-state index contributed by atoms with van der Waals surface area (Å²) in [6.07, 6.45) is 3.03. The van der Waals surface area contributed by atoms with E-state index in [0.29, 0.717) is 5.69 Å². The summed E-state index contributed by atoms with van der Waals surface area (Å²) < 4.78 is 1.32. The first-order chi connectivity index (χ1) is 8.08. The highest BCUT2D eigenvalue weighted by atomic mass is 32.1. The number of nitrogens with two attached hydrogens (primary N) is 2. The van der Waals surface area contributed by atoms with Crippen molar-refractivity contribution < 1.29 is 4.79 Å². The molecule has 86 valence electrons. The van der Waals surface area contributed by atoms with Gasteiger partial charge in [-0.1, -0.05) is 12.2 Å². The summed E-state index contributed by atoms with van der Waals surface area (Å²) in [6, 6.07) is 3.06. The third-order valence-electron chi connectivity index (χ3n) is 1.94. The molecule has 2 rings (SSSR count). The van der Waals surface area contributed by atoms with Crippen LogP contribution >= 0.6 is 12.2 Å². The van der Waals surface area contributed by atoms with Crippen molar-refractivity contribution in [2.24, 2.45) is 11.5 Å². The third-order valence-corrected chi connectivity index (χ3v) is 2.15. The smallest absolute Gasteiger partial charge is 0.269 e. The van der Waals surface area contributed by atoms with E-state index in [1.54, 1.807) is 6.07 Å². The van der Waals surface area contributed by atoms with Crippen LogP contribution < -0.4 is 11.5 Å². The summed E-state index contributed by atoms with van der Waals surface area (Å²) in [5, 5.41) is 3.91. The van der Waals surface area contributed by atoms with Crippen LogP contribution in [0.2, 0.25) is 0 Å². The number of hydrogen-bond donors (Lipinski definition) is 2. The molecule has 2 heterocycles. The summed E-state index contributed by atoms with van der Waals surface area (Å²) >= 11 is 4.80. The fourth-order valence-electron chi connectivity index (χ4n) is 1.16. The average Bonchev–Trinajstić information content (AvgIpc) is 2.78. The highest BCUT2D eigenvalue weighted by molar-refractivity contribution is 7.80. The predicted molar refractivity (Wildman–Crippen MR) is 63.6 cm³/mol. The average molecular weight is 248 g/mol. The lowest BCUT2D eigenvalue weighted by atomic mass is 10.4. The van der Waals surface area contributed by atoms with Gasteiger partial charge in [0.2, 0.25) is 0 Å². The number of carbonyl (C=O) groups is 1. The van der Waals surface area contributed by atoms with Crippen molar-refractivity contribution in [3.05, 3.63) is 35.9 Å². The minimum atomic E-state index is -0.616. The van der Waals surface area contributed by atoms with Crippen LogP contribution in [0.1, 0.15) is 16.2 Å². The molecule has 7 nitrogen and oxygen atoms in total. The second kappa shape index (κ2) is 4.26. The van der Waals surface area contributed by atoms with Gasteiger partial charge in [0, 0.05) is 12.4 Å². The Hall–Kier alpha value is -2.35. The van der Waals surface area contributed by atoms with Crippen LogP contribution in [0, 0.1) is 0 Å². The van der Waals surface area contributed by atoms with Gasteiger partial charge in [-0.2, -0.15) is 5.10 Å². The molecule has 0 aliphatic rings. The van der Waals surface area contributed by atoms with E-state index < -0.39 is 5.91 Å². The molecule has 17 heavy (non-hydrogen) atoms. The number of primary amides is 1. The zero-order valence-electron chi connectivity index (χ0n) is 8.57. The van der Waals surface area contributed by atoms with Crippen LogP contribution in [0.25, 0.3) is 5.95 Å². The van der Waals surface area contributed by atoms with Gasteiger partial charge < -0.3 is 11.5 Å². The molecule has 2 aromatic heterocycles. The highest BCUT2D eigenvalue weighted by Crippen LogP contribution is 2.03. The van der Waals surface area contributed by atoms with Crippen molar-refractivity contribution in [3.63, 3.8) is 0 Å². The molecule has 1 amide bonds. The van der Waals surface area contributed by atoms with Crippen LogP contribution in [-0.2, 0) is 0 Å². The van der Waals surface area contributed by atoms with E-state index in [2.05, 4.69) is 15.1 Å². The van der Waals surface area contributed by atoms with E-state index in [4.69, 9.17) is 23.7 Å². The number of nitrogens with zero attached hydrogens (tertiary/aromatic N) is 4. The van der Waals surface area contributed by atoms with Gasteiger partial charge in [0.25, 0.3) is 11.9 Å². The molecule has 0 aromatic carbocycles. The van der Waals surface area contributed by atoms with Gasteiger partial charge in [-0.25, -0.2) is 14.6 Å². The minimum absolute atomic E-state index is 0.134. The number of aromatic nitrogens is 4. The van der Waals surface area contributed by atoms with Crippen LogP contribution in [0.3, 0.4) is 0 Å². The van der Waals surface area contributed by atoms with Crippen molar-refractivity contribution in [1.82, 2.24) is 19.7 Å². The van der Waals surface area contributed by atoms with Gasteiger partial charge in [-0.05, 0) is 12.1 Å². The maximum atomic E-state index is 10.9. The predicted octanol–water partition coefficient (Wildman–Crippen LogP) is -0.605. The lowest BCUT2D eigenvalue weighted by Gasteiger charge is -2.01. The van der Waals surface area contributed by atoms with Crippen LogP contribution in [0.15, 0.2) is 24.5 Å². The molecule has 0 saturated heterocycles. The molecule has 0 aliphatic heterocycles. The molecule has 0 aliphatic carbocycles. The van der Waals surface area contributed by atoms with Crippen molar-refractivity contribution >= 4 is 23.1 Å². The van der Waals surface area contributed by atoms with E-state index >= 15 is 0 Å². The number of rotatable bonds is 3. The van der Waals surface area contributed by atoms with Gasteiger partial charge in [0.15, 0.2) is 0 Å². The first kappa shape index (κ1) is 11.1. The Kier molecular flexibility index (Phi) is 2.79. The number of carbonyl (C=O) groups excluding carboxylic acids is 1. The third kappa shape index (κ3) is 2.26. The number of amides is 1. The first-order valence-electron chi connectivity index (χ1n) is 4.56. The molecule has 0 spiro atoms. The molecular formula is C9H8N6OS. The Labute approximate surface area is 101 Å².